The van der Waals surface area contributed by atoms with Crippen LogP contribution in [0.2, 0.25) is 0 Å². The number of hydrogen-bond acceptors (Lipinski definition) is 5. The second-order valence-corrected chi connectivity index (χ2v) is 8.38. The van der Waals surface area contributed by atoms with E-state index in [9.17, 15) is 19.2 Å². The summed E-state index contributed by atoms with van der Waals surface area (Å²) in [4.78, 5) is 48.8. The van der Waals surface area contributed by atoms with Gasteiger partial charge in [0, 0.05) is 18.9 Å². The normalized spacial score (nSPS) is 16.7. The summed E-state index contributed by atoms with van der Waals surface area (Å²) in [6.45, 7) is 0.783. The van der Waals surface area contributed by atoms with Crippen molar-refractivity contribution in [3.05, 3.63) is 71.8 Å². The van der Waals surface area contributed by atoms with Crippen molar-refractivity contribution < 1.29 is 23.9 Å². The van der Waals surface area contributed by atoms with Crippen molar-refractivity contribution >= 4 is 24.2 Å². The molecule has 34 heavy (non-hydrogen) atoms. The predicted octanol–water partition coefficient (Wildman–Crippen LogP) is 2.17. The monoisotopic (exact) mass is 465 g/mol. The highest BCUT2D eigenvalue weighted by molar-refractivity contribution is 5.88. The van der Waals surface area contributed by atoms with Gasteiger partial charge in [-0.2, -0.15) is 0 Å². The number of rotatable bonds is 12. The Balaban J connectivity index is 1.54. The zero-order chi connectivity index (χ0) is 24.2. The third kappa shape index (κ3) is 8.03. The van der Waals surface area contributed by atoms with E-state index in [2.05, 4.69) is 16.0 Å². The number of amides is 3. The molecule has 0 radical (unpaired) electrons. The molecule has 1 saturated heterocycles. The molecule has 0 saturated carbocycles. The first kappa shape index (κ1) is 25.0. The van der Waals surface area contributed by atoms with Crippen LogP contribution in [0.3, 0.4) is 0 Å². The Kier molecular flexibility index (Phi) is 9.64. The summed E-state index contributed by atoms with van der Waals surface area (Å²) < 4.78 is 5.28. The first-order valence-electron chi connectivity index (χ1n) is 11.6. The molecule has 3 atom stereocenters. The maximum absolute atomic E-state index is 13.0. The van der Waals surface area contributed by atoms with Crippen LogP contribution in [0.5, 0.6) is 0 Å². The van der Waals surface area contributed by atoms with Gasteiger partial charge >= 0.3 is 6.09 Å². The first-order chi connectivity index (χ1) is 16.5. The van der Waals surface area contributed by atoms with Gasteiger partial charge in [0.25, 0.3) is 0 Å². The summed E-state index contributed by atoms with van der Waals surface area (Å²) in [6.07, 6.45) is 2.46. The van der Waals surface area contributed by atoms with Gasteiger partial charge in [0.05, 0.1) is 12.6 Å². The Morgan fingerprint density at radius 1 is 1.03 bits per heavy atom. The minimum atomic E-state index is -0.927. The average molecular weight is 466 g/mol. The first-order valence-corrected chi connectivity index (χ1v) is 11.6. The van der Waals surface area contributed by atoms with Gasteiger partial charge < -0.3 is 25.5 Å². The molecule has 8 heteroatoms. The summed E-state index contributed by atoms with van der Waals surface area (Å²) in [5.74, 6) is -0.926. The van der Waals surface area contributed by atoms with Crippen molar-refractivity contribution in [1.29, 1.82) is 0 Å². The van der Waals surface area contributed by atoms with Crippen LogP contribution in [0.15, 0.2) is 60.7 Å². The van der Waals surface area contributed by atoms with Crippen molar-refractivity contribution in [3.8, 4) is 0 Å². The maximum atomic E-state index is 13.0. The molecule has 3 amide bonds. The number of benzene rings is 2. The molecule has 3 rings (SSSR count). The topological polar surface area (TPSA) is 114 Å². The number of aryl methyl sites for hydroxylation is 1. The van der Waals surface area contributed by atoms with Crippen LogP contribution in [-0.4, -0.2) is 49.4 Å². The number of alkyl carbamates (subject to hydrolysis) is 1. The highest BCUT2D eigenvalue weighted by Crippen LogP contribution is 2.15. The average Bonchev–Trinajstić information content (AvgIpc) is 3.26. The molecule has 2 aromatic rings. The number of nitrogens with one attached hydrogen (secondary N) is 3. The van der Waals surface area contributed by atoms with E-state index in [1.807, 2.05) is 60.7 Å². The van der Waals surface area contributed by atoms with Crippen LogP contribution < -0.4 is 16.0 Å². The summed E-state index contributed by atoms with van der Waals surface area (Å²) >= 11 is 0. The molecule has 0 bridgehead atoms. The Hall–Kier alpha value is -3.68. The van der Waals surface area contributed by atoms with Gasteiger partial charge in [0.1, 0.15) is 12.3 Å². The SMILES string of the molecule is O=C[C@H](C[C@@H]1CCNC1=O)NC(=O)[C@H](Cc1ccccc1)NC(=O)OCCCc1ccccc1. The van der Waals surface area contributed by atoms with Crippen LogP contribution >= 0.6 is 0 Å². The minimum Gasteiger partial charge on any atom is -0.450 e. The molecule has 0 aliphatic carbocycles. The zero-order valence-corrected chi connectivity index (χ0v) is 19.1. The standard InChI is InChI=1S/C26H31N3O5/c30-18-22(17-21-13-14-27-24(21)31)28-25(32)23(16-20-10-5-2-6-11-20)29-26(33)34-15-7-12-19-8-3-1-4-9-19/h1-6,8-11,18,21-23H,7,12-17H2,(H,27,31)(H,28,32)(H,29,33)/t21-,22-,23-/m0/s1. The second-order valence-electron chi connectivity index (χ2n) is 8.38. The van der Waals surface area contributed by atoms with Crippen LogP contribution in [0.4, 0.5) is 4.79 Å². The number of carbonyl (C=O) groups is 4. The van der Waals surface area contributed by atoms with Gasteiger partial charge in [-0.3, -0.25) is 9.59 Å². The molecular weight excluding hydrogens is 434 g/mol. The van der Waals surface area contributed by atoms with E-state index in [1.54, 1.807) is 0 Å². The number of hydrogen-bond donors (Lipinski definition) is 3. The van der Waals surface area contributed by atoms with E-state index in [1.165, 1.54) is 0 Å². The molecule has 1 heterocycles. The molecule has 1 fully saturated rings. The smallest absolute Gasteiger partial charge is 0.407 e. The van der Waals surface area contributed by atoms with Gasteiger partial charge in [0.15, 0.2) is 0 Å². The lowest BCUT2D eigenvalue weighted by molar-refractivity contribution is -0.127. The summed E-state index contributed by atoms with van der Waals surface area (Å²) in [5, 5.41) is 8.03. The van der Waals surface area contributed by atoms with E-state index in [-0.39, 0.29) is 31.3 Å². The lowest BCUT2D eigenvalue weighted by Crippen LogP contribution is -2.51. The molecule has 2 aromatic carbocycles. The third-order valence-electron chi connectivity index (χ3n) is 5.77. The quantitative estimate of drug-likeness (QED) is 0.328. The third-order valence-corrected chi connectivity index (χ3v) is 5.77. The van der Waals surface area contributed by atoms with Crippen LogP contribution in [0, 0.1) is 5.92 Å². The lowest BCUT2D eigenvalue weighted by Gasteiger charge is -2.22. The van der Waals surface area contributed by atoms with Crippen molar-refractivity contribution in [1.82, 2.24) is 16.0 Å². The molecule has 0 unspecified atom stereocenters. The van der Waals surface area contributed by atoms with Gasteiger partial charge in [-0.1, -0.05) is 60.7 Å². The van der Waals surface area contributed by atoms with E-state index >= 15 is 0 Å². The van der Waals surface area contributed by atoms with Crippen LogP contribution in [0.25, 0.3) is 0 Å². The molecule has 1 aliphatic heterocycles. The van der Waals surface area contributed by atoms with Gasteiger partial charge in [0.2, 0.25) is 11.8 Å². The largest absolute Gasteiger partial charge is 0.450 e. The summed E-state index contributed by atoms with van der Waals surface area (Å²) in [7, 11) is 0. The van der Waals surface area contributed by atoms with Crippen LogP contribution in [0.1, 0.15) is 30.4 Å². The number of carbonyl (C=O) groups excluding carboxylic acids is 4. The highest BCUT2D eigenvalue weighted by atomic mass is 16.5. The summed E-state index contributed by atoms with van der Waals surface area (Å²) in [5.41, 5.74) is 2.01. The Bertz CT molecular complexity index is 951. The Morgan fingerprint density at radius 3 is 2.32 bits per heavy atom. The molecule has 3 N–H and O–H groups in total. The van der Waals surface area contributed by atoms with Crippen molar-refractivity contribution in [2.45, 2.75) is 44.2 Å². The molecule has 0 spiro atoms. The van der Waals surface area contributed by atoms with Gasteiger partial charge in [-0.05, 0) is 36.8 Å². The minimum absolute atomic E-state index is 0.112. The Morgan fingerprint density at radius 2 is 1.71 bits per heavy atom. The van der Waals surface area contributed by atoms with E-state index < -0.39 is 24.1 Å². The van der Waals surface area contributed by atoms with E-state index in [0.717, 1.165) is 17.5 Å². The van der Waals surface area contributed by atoms with E-state index in [0.29, 0.717) is 25.7 Å². The number of ether oxygens (including phenoxy) is 1. The lowest BCUT2D eigenvalue weighted by atomic mass is 9.98. The molecule has 1 aliphatic rings. The molecule has 0 aromatic heterocycles. The molecule has 8 nitrogen and oxygen atoms in total. The van der Waals surface area contributed by atoms with Gasteiger partial charge in [-0.25, -0.2) is 4.79 Å². The van der Waals surface area contributed by atoms with Gasteiger partial charge in [-0.15, -0.1) is 0 Å². The zero-order valence-electron chi connectivity index (χ0n) is 19.1. The van der Waals surface area contributed by atoms with E-state index in [4.69, 9.17) is 4.74 Å². The van der Waals surface area contributed by atoms with Crippen molar-refractivity contribution in [2.24, 2.45) is 5.92 Å². The highest BCUT2D eigenvalue weighted by Gasteiger charge is 2.30. The predicted molar refractivity (Wildman–Crippen MR) is 127 cm³/mol. The Labute approximate surface area is 199 Å². The number of aldehydes is 1. The van der Waals surface area contributed by atoms with Crippen molar-refractivity contribution in [3.63, 3.8) is 0 Å². The fraction of sp³-hybridized carbons (Fsp3) is 0.385. The second kappa shape index (κ2) is 13.1. The maximum Gasteiger partial charge on any atom is 0.407 e. The molecular formula is C26H31N3O5. The fourth-order valence-electron chi connectivity index (χ4n) is 3.94. The molecule has 180 valence electrons. The summed E-state index contributed by atoms with van der Waals surface area (Å²) in [6, 6.07) is 17.4. The fourth-order valence-corrected chi connectivity index (χ4v) is 3.94. The van der Waals surface area contributed by atoms with Crippen molar-refractivity contribution in [2.75, 3.05) is 13.2 Å². The van der Waals surface area contributed by atoms with Crippen LogP contribution in [-0.2, 0) is 32.0 Å².